The van der Waals surface area contributed by atoms with Gasteiger partial charge < -0.3 is 19.0 Å². The van der Waals surface area contributed by atoms with Gasteiger partial charge in [0.15, 0.2) is 32.6 Å². The third kappa shape index (κ3) is 9.35. The minimum absolute atomic E-state index is 0.0306. The Balaban J connectivity index is 1.97. The van der Waals surface area contributed by atoms with Crippen molar-refractivity contribution in [3.63, 3.8) is 0 Å². The van der Waals surface area contributed by atoms with E-state index in [1.165, 1.54) is 30.3 Å². The molecule has 0 amide bonds. The van der Waals surface area contributed by atoms with Gasteiger partial charge in [0.05, 0.1) is 42.8 Å². The molecule has 0 heterocycles. The molecule has 0 saturated carbocycles. The molecule has 0 fully saturated rings. The van der Waals surface area contributed by atoms with Gasteiger partial charge in [-0.15, -0.1) is 0 Å². The predicted octanol–water partition coefficient (Wildman–Crippen LogP) is 6.18. The molecule has 44 heavy (non-hydrogen) atoms. The van der Waals surface area contributed by atoms with E-state index in [1.807, 2.05) is 24.3 Å². The van der Waals surface area contributed by atoms with Crippen LogP contribution in [0.3, 0.4) is 0 Å². The van der Waals surface area contributed by atoms with Gasteiger partial charge in [0, 0.05) is 6.42 Å². The number of methoxy groups -OCH3 is 1. The fourth-order valence-corrected chi connectivity index (χ4v) is 9.66. The van der Waals surface area contributed by atoms with Crippen molar-refractivity contribution in [2.75, 3.05) is 20.3 Å². The first-order valence-corrected chi connectivity index (χ1v) is 20.4. The van der Waals surface area contributed by atoms with E-state index in [2.05, 4.69) is 33.9 Å². The minimum Gasteiger partial charge on any atom is -0.497 e. The number of benzene rings is 3. The Bertz CT molecular complexity index is 1510. The Morgan fingerprint density at radius 3 is 1.80 bits per heavy atom. The fourth-order valence-electron chi connectivity index (χ4n) is 4.13. The van der Waals surface area contributed by atoms with Crippen molar-refractivity contribution >= 4 is 28.0 Å². The molecule has 1 atom stereocenters. The third-order valence-electron chi connectivity index (χ3n) is 7.83. The molecule has 1 N–H and O–H groups in total. The molecule has 0 radical (unpaired) electrons. The van der Waals surface area contributed by atoms with Crippen molar-refractivity contribution in [1.82, 2.24) is 0 Å². The van der Waals surface area contributed by atoms with Crippen LogP contribution in [0.25, 0.3) is 0 Å². The Hall–Kier alpha value is -2.80. The van der Waals surface area contributed by atoms with Crippen molar-refractivity contribution < 1.29 is 35.8 Å². The maximum Gasteiger partial charge on any atom is 0.196 e. The van der Waals surface area contributed by atoms with Crippen molar-refractivity contribution in [3.05, 3.63) is 102 Å². The maximum atomic E-state index is 14.0. The molecule has 1 unspecified atom stereocenters. The Kier molecular flexibility index (Phi) is 12.1. The van der Waals surface area contributed by atoms with E-state index in [9.17, 15) is 21.9 Å². The molecule has 8 nitrogen and oxygen atoms in total. The van der Waals surface area contributed by atoms with Gasteiger partial charge in [-0.05, 0) is 65.7 Å². The molecule has 3 aromatic carbocycles. The highest BCUT2D eigenvalue weighted by Gasteiger charge is 2.42. The maximum absolute atomic E-state index is 14.0. The molecule has 11 heteroatoms. The predicted molar refractivity (Wildman–Crippen MR) is 176 cm³/mol. The second kappa shape index (κ2) is 15.0. The van der Waals surface area contributed by atoms with E-state index in [-0.39, 0.29) is 34.6 Å². The number of sulfone groups is 2. The lowest BCUT2D eigenvalue weighted by atomic mass is 10.1. The second-order valence-electron chi connectivity index (χ2n) is 12.2. The van der Waals surface area contributed by atoms with Crippen LogP contribution in [0.15, 0.2) is 106 Å². The van der Waals surface area contributed by atoms with Gasteiger partial charge in [0.1, 0.15) is 5.75 Å². The number of hydrogen-bond acceptors (Lipinski definition) is 8. The average Bonchev–Trinajstić information content (AvgIpc) is 2.99. The molecule has 0 aliphatic carbocycles. The first-order valence-electron chi connectivity index (χ1n) is 14.4. The highest BCUT2D eigenvalue weighted by molar-refractivity contribution is 8.09. The standard InChI is InChI=1S/C33H44O8S2Si/c1-33(2,3)44(5,6)41-24-27(21-28(34)25-40-23-26-17-19-29(39-4)20-18-26)22-32(42(35,36)30-13-9-7-10-14-30)43(37,38)31-15-11-8-12-16-31/h7-21,28,32,34H,22-25H2,1-6H3/b27-21+. The van der Waals surface area contributed by atoms with Crippen LogP contribution in [-0.4, -0.2) is 61.3 Å². The van der Waals surface area contributed by atoms with E-state index in [0.29, 0.717) is 11.3 Å². The highest BCUT2D eigenvalue weighted by Crippen LogP contribution is 2.37. The normalized spacial score (nSPS) is 14.0. The molecule has 0 bridgehead atoms. The molecule has 0 aliphatic heterocycles. The lowest BCUT2D eigenvalue weighted by Crippen LogP contribution is -2.41. The summed E-state index contributed by atoms with van der Waals surface area (Å²) in [6, 6.07) is 22.4. The van der Waals surface area contributed by atoms with Crippen LogP contribution < -0.4 is 4.74 Å². The van der Waals surface area contributed by atoms with E-state index >= 15 is 0 Å². The SMILES string of the molecule is COc1ccc(COCC(O)/C=C(/CO[Si](C)(C)C(C)(C)C)CC(S(=O)(=O)c2ccccc2)S(=O)(=O)c2ccccc2)cc1. The van der Waals surface area contributed by atoms with Gasteiger partial charge in [0.2, 0.25) is 0 Å². The van der Waals surface area contributed by atoms with Crippen LogP contribution in [0.4, 0.5) is 0 Å². The number of aliphatic hydroxyl groups is 1. The second-order valence-corrected chi connectivity index (χ2v) is 21.5. The summed E-state index contributed by atoms with van der Waals surface area (Å²) in [6.45, 7) is 10.5. The molecule has 0 spiro atoms. The first-order chi connectivity index (χ1) is 20.6. The van der Waals surface area contributed by atoms with Crippen LogP contribution in [0, 0.1) is 0 Å². The Morgan fingerprint density at radius 2 is 1.34 bits per heavy atom. The molecular weight excluding hydrogens is 617 g/mol. The zero-order valence-corrected chi connectivity index (χ0v) is 28.9. The van der Waals surface area contributed by atoms with Crippen molar-refractivity contribution in [3.8, 4) is 5.75 Å². The molecule has 3 rings (SSSR count). The molecule has 0 aromatic heterocycles. The molecule has 0 saturated heterocycles. The van der Waals surface area contributed by atoms with Crippen LogP contribution >= 0.6 is 0 Å². The largest absolute Gasteiger partial charge is 0.497 e. The number of hydrogen-bond donors (Lipinski definition) is 1. The Morgan fingerprint density at radius 1 is 0.841 bits per heavy atom. The zero-order valence-electron chi connectivity index (χ0n) is 26.3. The van der Waals surface area contributed by atoms with Crippen LogP contribution in [0.2, 0.25) is 18.1 Å². The fraction of sp³-hybridized carbons (Fsp3) is 0.394. The Labute approximate surface area is 263 Å². The van der Waals surface area contributed by atoms with Gasteiger partial charge in [-0.1, -0.05) is 75.4 Å². The van der Waals surface area contributed by atoms with Gasteiger partial charge in [-0.3, -0.25) is 0 Å². The van der Waals surface area contributed by atoms with E-state index in [0.717, 1.165) is 5.56 Å². The van der Waals surface area contributed by atoms with Gasteiger partial charge in [-0.2, -0.15) is 0 Å². The lowest BCUT2D eigenvalue weighted by molar-refractivity contribution is 0.0497. The summed E-state index contributed by atoms with van der Waals surface area (Å²) < 4.78 is 71.4. The van der Waals surface area contributed by atoms with Crippen LogP contribution in [0.5, 0.6) is 5.75 Å². The monoisotopic (exact) mass is 660 g/mol. The summed E-state index contributed by atoms with van der Waals surface area (Å²) in [5, 5.41) is 10.8. The minimum atomic E-state index is -4.37. The third-order valence-corrected chi connectivity index (χ3v) is 17.4. The van der Waals surface area contributed by atoms with Crippen LogP contribution in [-0.2, 0) is 35.4 Å². The quantitative estimate of drug-likeness (QED) is 0.152. The molecular formula is C33H44O8S2Si. The summed E-state index contributed by atoms with van der Waals surface area (Å²) in [7, 11) is -9.49. The highest BCUT2D eigenvalue weighted by atomic mass is 32.3. The summed E-state index contributed by atoms with van der Waals surface area (Å²) in [6.07, 6.45) is -0.0564. The summed E-state index contributed by atoms with van der Waals surface area (Å²) >= 11 is 0. The van der Waals surface area contributed by atoms with Gasteiger partial charge in [0.25, 0.3) is 0 Å². The van der Waals surface area contributed by atoms with E-state index in [1.54, 1.807) is 43.5 Å². The number of rotatable bonds is 15. The lowest BCUT2D eigenvalue weighted by Gasteiger charge is -2.36. The van der Waals surface area contributed by atoms with Crippen molar-refractivity contribution in [2.45, 2.75) is 72.4 Å². The number of aliphatic hydroxyl groups excluding tert-OH is 1. The van der Waals surface area contributed by atoms with Crippen molar-refractivity contribution in [1.29, 1.82) is 0 Å². The van der Waals surface area contributed by atoms with E-state index in [4.69, 9.17) is 13.9 Å². The van der Waals surface area contributed by atoms with Gasteiger partial charge in [-0.25, -0.2) is 16.8 Å². The zero-order chi connectivity index (χ0) is 32.6. The molecule has 3 aromatic rings. The van der Waals surface area contributed by atoms with E-state index < -0.39 is 45.1 Å². The molecule has 240 valence electrons. The van der Waals surface area contributed by atoms with Gasteiger partial charge >= 0.3 is 0 Å². The average molecular weight is 661 g/mol. The summed E-state index contributed by atoms with van der Waals surface area (Å²) in [5.74, 6) is 0.716. The smallest absolute Gasteiger partial charge is 0.196 e. The topological polar surface area (TPSA) is 116 Å². The number of ether oxygens (including phenoxy) is 2. The van der Waals surface area contributed by atoms with Crippen molar-refractivity contribution in [2.24, 2.45) is 0 Å². The first kappa shape index (κ1) is 35.7. The summed E-state index contributed by atoms with van der Waals surface area (Å²) in [5.41, 5.74) is 1.24. The summed E-state index contributed by atoms with van der Waals surface area (Å²) in [4.78, 5) is -0.199. The molecule has 0 aliphatic rings. The van der Waals surface area contributed by atoms with Crippen LogP contribution in [0.1, 0.15) is 32.8 Å².